The molecule has 22 heavy (non-hydrogen) atoms. The number of hydrogen-bond acceptors (Lipinski definition) is 2. The lowest BCUT2D eigenvalue weighted by molar-refractivity contribution is 0.0111. The molecule has 0 aliphatic rings. The van der Waals surface area contributed by atoms with Crippen molar-refractivity contribution in [1.82, 2.24) is 0 Å². The number of hydrogen-bond donors (Lipinski definition) is 2. The predicted molar refractivity (Wildman–Crippen MR) is 92.8 cm³/mol. The van der Waals surface area contributed by atoms with Crippen LogP contribution < -0.4 is 5.73 Å². The van der Waals surface area contributed by atoms with Gasteiger partial charge in [-0.2, -0.15) is 0 Å². The van der Waals surface area contributed by atoms with Crippen molar-refractivity contribution in [3.8, 4) is 0 Å². The highest BCUT2D eigenvalue weighted by molar-refractivity contribution is 5.40. The van der Waals surface area contributed by atoms with Gasteiger partial charge in [-0.1, -0.05) is 80.4 Å². The lowest BCUT2D eigenvalue weighted by Crippen LogP contribution is -2.53. The number of rotatable bonds is 3. The van der Waals surface area contributed by atoms with E-state index < -0.39 is 11.6 Å². The molecule has 0 amide bonds. The highest BCUT2D eigenvalue weighted by atomic mass is 16.3. The molecule has 1 atom stereocenters. The zero-order valence-corrected chi connectivity index (χ0v) is 14.2. The second-order valence-electron chi connectivity index (χ2n) is 7.34. The van der Waals surface area contributed by atoms with Crippen LogP contribution >= 0.6 is 0 Å². The van der Waals surface area contributed by atoms with E-state index in [1.54, 1.807) is 0 Å². The van der Waals surface area contributed by atoms with Gasteiger partial charge in [0.2, 0.25) is 0 Å². The maximum absolute atomic E-state index is 11.6. The molecule has 0 aliphatic heterocycles. The van der Waals surface area contributed by atoms with E-state index in [1.807, 2.05) is 62.4 Å². The standard InChI is InChI=1S/C20H27NO/c1-14-6-10-16(11-7-14)20(22,18(21)19(3,4)5)17-12-8-15(2)9-13-17/h6-13,18,22H,21H2,1-5H3/t18-/m0/s1. The van der Waals surface area contributed by atoms with E-state index in [0.717, 1.165) is 11.1 Å². The van der Waals surface area contributed by atoms with Crippen LogP contribution in [-0.4, -0.2) is 11.1 Å². The van der Waals surface area contributed by atoms with E-state index in [4.69, 9.17) is 5.73 Å². The van der Waals surface area contributed by atoms with Crippen LogP contribution in [-0.2, 0) is 5.60 Å². The Bertz CT molecular complexity index is 575. The molecule has 0 saturated heterocycles. The van der Waals surface area contributed by atoms with Gasteiger partial charge in [-0.25, -0.2) is 0 Å². The van der Waals surface area contributed by atoms with Crippen molar-refractivity contribution in [3.05, 3.63) is 70.8 Å². The molecule has 118 valence electrons. The lowest BCUT2D eigenvalue weighted by Gasteiger charge is -2.42. The molecule has 0 aliphatic carbocycles. The van der Waals surface area contributed by atoms with E-state index in [-0.39, 0.29) is 5.41 Å². The zero-order valence-electron chi connectivity index (χ0n) is 14.2. The third kappa shape index (κ3) is 3.08. The van der Waals surface area contributed by atoms with Crippen LogP contribution in [0.1, 0.15) is 43.0 Å². The van der Waals surface area contributed by atoms with E-state index in [1.165, 1.54) is 11.1 Å². The third-order valence-corrected chi connectivity index (χ3v) is 4.37. The summed E-state index contributed by atoms with van der Waals surface area (Å²) in [6.07, 6.45) is 0. The minimum absolute atomic E-state index is 0.232. The Balaban J connectivity index is 2.63. The molecule has 0 heterocycles. The summed E-state index contributed by atoms with van der Waals surface area (Å²) in [5.41, 5.74) is 9.09. The molecule has 2 heteroatoms. The van der Waals surface area contributed by atoms with Crippen molar-refractivity contribution < 1.29 is 5.11 Å². The lowest BCUT2D eigenvalue weighted by atomic mass is 9.70. The van der Waals surface area contributed by atoms with Crippen molar-refractivity contribution in [2.45, 2.75) is 46.3 Å². The average molecular weight is 297 g/mol. The molecular formula is C20H27NO. The van der Waals surface area contributed by atoms with Crippen LogP contribution in [0.3, 0.4) is 0 Å². The number of aliphatic hydroxyl groups is 1. The van der Waals surface area contributed by atoms with Gasteiger partial charge < -0.3 is 10.8 Å². The van der Waals surface area contributed by atoms with Crippen LogP contribution in [0.15, 0.2) is 48.5 Å². The van der Waals surface area contributed by atoms with Crippen LogP contribution in [0, 0.1) is 19.3 Å². The van der Waals surface area contributed by atoms with Crippen molar-refractivity contribution >= 4 is 0 Å². The Morgan fingerprint density at radius 1 is 0.773 bits per heavy atom. The average Bonchev–Trinajstić information content (AvgIpc) is 2.46. The van der Waals surface area contributed by atoms with Gasteiger partial charge in [-0.15, -0.1) is 0 Å². The van der Waals surface area contributed by atoms with Gasteiger partial charge in [0.15, 0.2) is 0 Å². The molecule has 0 bridgehead atoms. The summed E-state index contributed by atoms with van der Waals surface area (Å²) in [6, 6.07) is 15.5. The molecule has 0 spiro atoms. The van der Waals surface area contributed by atoms with E-state index in [0.29, 0.717) is 0 Å². The van der Waals surface area contributed by atoms with Crippen LogP contribution in [0.25, 0.3) is 0 Å². The predicted octanol–water partition coefficient (Wildman–Crippen LogP) is 3.91. The quantitative estimate of drug-likeness (QED) is 0.902. The Labute approximate surface area is 134 Å². The minimum Gasteiger partial charge on any atom is -0.379 e. The Hall–Kier alpha value is -1.64. The smallest absolute Gasteiger partial charge is 0.130 e. The summed E-state index contributed by atoms with van der Waals surface area (Å²) in [6.45, 7) is 10.3. The van der Waals surface area contributed by atoms with Gasteiger partial charge in [-0.05, 0) is 30.4 Å². The van der Waals surface area contributed by atoms with Crippen LogP contribution in [0.4, 0.5) is 0 Å². The first kappa shape index (κ1) is 16.7. The van der Waals surface area contributed by atoms with Gasteiger partial charge in [-0.3, -0.25) is 0 Å². The molecule has 2 rings (SSSR count). The first-order valence-electron chi connectivity index (χ1n) is 7.78. The van der Waals surface area contributed by atoms with Crippen LogP contribution in [0.5, 0.6) is 0 Å². The van der Waals surface area contributed by atoms with Gasteiger partial charge >= 0.3 is 0 Å². The Morgan fingerprint density at radius 2 is 1.09 bits per heavy atom. The second-order valence-corrected chi connectivity index (χ2v) is 7.34. The largest absolute Gasteiger partial charge is 0.379 e. The molecular weight excluding hydrogens is 270 g/mol. The molecule has 0 saturated carbocycles. The second kappa shape index (κ2) is 5.86. The molecule has 2 aromatic rings. The van der Waals surface area contributed by atoms with Crippen LogP contribution in [0.2, 0.25) is 0 Å². The third-order valence-electron chi connectivity index (χ3n) is 4.37. The highest BCUT2D eigenvalue weighted by Gasteiger charge is 2.43. The van der Waals surface area contributed by atoms with Crippen molar-refractivity contribution in [2.24, 2.45) is 11.1 Å². The zero-order chi connectivity index (χ0) is 16.5. The highest BCUT2D eigenvalue weighted by Crippen LogP contribution is 2.39. The topological polar surface area (TPSA) is 46.2 Å². The minimum atomic E-state index is -1.21. The van der Waals surface area contributed by atoms with Crippen molar-refractivity contribution in [2.75, 3.05) is 0 Å². The first-order valence-corrected chi connectivity index (χ1v) is 7.78. The summed E-state index contributed by atoms with van der Waals surface area (Å²) in [4.78, 5) is 0. The first-order chi connectivity index (χ1) is 10.2. The molecule has 2 nitrogen and oxygen atoms in total. The number of benzene rings is 2. The number of nitrogens with two attached hydrogens (primary N) is 1. The van der Waals surface area contributed by atoms with E-state index >= 15 is 0 Å². The Kier molecular flexibility index (Phi) is 4.46. The van der Waals surface area contributed by atoms with Gasteiger partial charge in [0, 0.05) is 6.04 Å². The van der Waals surface area contributed by atoms with Gasteiger partial charge in [0.25, 0.3) is 0 Å². The number of aryl methyl sites for hydroxylation is 2. The normalized spacial score (nSPS) is 14.0. The summed E-state index contributed by atoms with van der Waals surface area (Å²) in [5, 5.41) is 11.6. The maximum atomic E-state index is 11.6. The summed E-state index contributed by atoms with van der Waals surface area (Å²) in [5.74, 6) is 0. The molecule has 3 N–H and O–H groups in total. The maximum Gasteiger partial charge on any atom is 0.130 e. The van der Waals surface area contributed by atoms with Gasteiger partial charge in [0.1, 0.15) is 5.60 Å². The molecule has 0 aromatic heterocycles. The summed E-state index contributed by atoms with van der Waals surface area (Å²) < 4.78 is 0. The van der Waals surface area contributed by atoms with E-state index in [2.05, 4.69) is 20.8 Å². The molecule has 0 unspecified atom stereocenters. The monoisotopic (exact) mass is 297 g/mol. The summed E-state index contributed by atoms with van der Waals surface area (Å²) >= 11 is 0. The molecule has 0 radical (unpaired) electrons. The SMILES string of the molecule is Cc1ccc(C(O)(c2ccc(C)cc2)[C@@H](N)C(C)(C)C)cc1. The fourth-order valence-electron chi connectivity index (χ4n) is 2.77. The molecule has 0 fully saturated rings. The van der Waals surface area contributed by atoms with Gasteiger partial charge in [0.05, 0.1) is 0 Å². The Morgan fingerprint density at radius 3 is 1.36 bits per heavy atom. The van der Waals surface area contributed by atoms with Crippen molar-refractivity contribution in [3.63, 3.8) is 0 Å². The fourth-order valence-corrected chi connectivity index (χ4v) is 2.77. The molecule has 2 aromatic carbocycles. The fraction of sp³-hybridized carbons (Fsp3) is 0.400. The van der Waals surface area contributed by atoms with E-state index in [9.17, 15) is 5.11 Å². The van der Waals surface area contributed by atoms with Crippen molar-refractivity contribution in [1.29, 1.82) is 0 Å². The summed E-state index contributed by atoms with van der Waals surface area (Å²) in [7, 11) is 0.